The molecule has 7 heteroatoms. The van der Waals surface area contributed by atoms with E-state index in [1.54, 1.807) is 24.3 Å². The summed E-state index contributed by atoms with van der Waals surface area (Å²) in [6, 6.07) is 10.5. The van der Waals surface area contributed by atoms with E-state index in [4.69, 9.17) is 5.73 Å². The molecule has 0 fully saturated rings. The van der Waals surface area contributed by atoms with Gasteiger partial charge in [-0.1, -0.05) is 33.6 Å². The summed E-state index contributed by atoms with van der Waals surface area (Å²) in [5.74, 6) is 0. The Kier molecular flexibility index (Phi) is 4.65. The number of benzene rings is 2. The second-order valence-electron chi connectivity index (χ2n) is 4.61. The van der Waals surface area contributed by atoms with Gasteiger partial charge >= 0.3 is 0 Å². The first-order chi connectivity index (χ1) is 9.73. The molecule has 0 atom stereocenters. The largest absolute Gasteiger partial charge is 0.398 e. The van der Waals surface area contributed by atoms with Crippen molar-refractivity contribution in [2.75, 3.05) is 17.1 Å². The molecule has 2 aromatic rings. The van der Waals surface area contributed by atoms with Gasteiger partial charge in [0.25, 0.3) is 10.0 Å². The van der Waals surface area contributed by atoms with E-state index in [0.29, 0.717) is 14.6 Å². The van der Waals surface area contributed by atoms with Crippen LogP contribution in [0.1, 0.15) is 5.56 Å². The molecule has 21 heavy (non-hydrogen) atoms. The van der Waals surface area contributed by atoms with E-state index in [2.05, 4.69) is 31.9 Å². The molecule has 0 aliphatic rings. The summed E-state index contributed by atoms with van der Waals surface area (Å²) in [5.41, 5.74) is 7.71. The summed E-state index contributed by atoms with van der Waals surface area (Å²) in [4.78, 5) is 0.0637. The van der Waals surface area contributed by atoms with Crippen LogP contribution in [0.5, 0.6) is 0 Å². The van der Waals surface area contributed by atoms with Crippen LogP contribution < -0.4 is 10.0 Å². The summed E-state index contributed by atoms with van der Waals surface area (Å²) in [7, 11) is -2.23. The van der Waals surface area contributed by atoms with Gasteiger partial charge < -0.3 is 5.73 Å². The van der Waals surface area contributed by atoms with Crippen LogP contribution in [-0.2, 0) is 10.0 Å². The Morgan fingerprint density at radius 2 is 1.67 bits per heavy atom. The molecule has 0 saturated heterocycles. The summed E-state index contributed by atoms with van der Waals surface area (Å²) >= 11 is 6.56. The topological polar surface area (TPSA) is 63.4 Å². The van der Waals surface area contributed by atoms with Crippen LogP contribution in [0.15, 0.2) is 50.2 Å². The number of aryl methyl sites for hydroxylation is 1. The van der Waals surface area contributed by atoms with Crippen molar-refractivity contribution < 1.29 is 8.42 Å². The van der Waals surface area contributed by atoms with Crippen LogP contribution in [0.2, 0.25) is 0 Å². The van der Waals surface area contributed by atoms with Crippen LogP contribution in [0, 0.1) is 6.92 Å². The SMILES string of the molecule is Cc1ccc(N(C)S(=O)(=O)c2c(N)cc(Br)cc2Br)cc1. The summed E-state index contributed by atoms with van der Waals surface area (Å²) < 4.78 is 27.9. The van der Waals surface area contributed by atoms with Crippen molar-refractivity contribution in [3.8, 4) is 0 Å². The Morgan fingerprint density at radius 3 is 2.19 bits per heavy atom. The lowest BCUT2D eigenvalue weighted by Crippen LogP contribution is -2.27. The van der Waals surface area contributed by atoms with Gasteiger partial charge in [-0.2, -0.15) is 0 Å². The van der Waals surface area contributed by atoms with Crippen LogP contribution in [-0.4, -0.2) is 15.5 Å². The van der Waals surface area contributed by atoms with Crippen molar-refractivity contribution in [3.05, 3.63) is 50.9 Å². The number of hydrogen-bond donors (Lipinski definition) is 1. The Balaban J connectivity index is 2.54. The summed E-state index contributed by atoms with van der Waals surface area (Å²) in [6.45, 7) is 1.95. The fraction of sp³-hybridized carbons (Fsp3) is 0.143. The molecule has 2 aromatic carbocycles. The molecule has 4 nitrogen and oxygen atoms in total. The number of hydrogen-bond acceptors (Lipinski definition) is 3. The molecule has 0 aliphatic heterocycles. The Labute approximate surface area is 141 Å². The normalized spacial score (nSPS) is 11.4. The van der Waals surface area contributed by atoms with E-state index in [1.165, 1.54) is 11.4 Å². The number of nitrogens with zero attached hydrogens (tertiary/aromatic N) is 1. The Morgan fingerprint density at radius 1 is 1.10 bits per heavy atom. The quantitative estimate of drug-likeness (QED) is 0.746. The standard InChI is InChI=1S/C14H14Br2N2O2S/c1-9-3-5-11(6-4-9)18(2)21(19,20)14-12(16)7-10(15)8-13(14)17/h3-8H,17H2,1-2H3. The third-order valence-corrected chi connectivity index (χ3v) is 6.30. The average Bonchev–Trinajstić information content (AvgIpc) is 2.37. The van der Waals surface area contributed by atoms with Crippen molar-refractivity contribution in [2.24, 2.45) is 0 Å². The van der Waals surface area contributed by atoms with Gasteiger partial charge in [0, 0.05) is 16.0 Å². The van der Waals surface area contributed by atoms with E-state index >= 15 is 0 Å². The first-order valence-electron chi connectivity index (χ1n) is 6.03. The molecule has 0 radical (unpaired) electrons. The maximum absolute atomic E-state index is 12.8. The lowest BCUT2D eigenvalue weighted by molar-refractivity contribution is 0.594. The van der Waals surface area contributed by atoms with Crippen LogP contribution in [0.25, 0.3) is 0 Å². The fourth-order valence-electron chi connectivity index (χ4n) is 1.88. The molecular weight excluding hydrogens is 420 g/mol. The summed E-state index contributed by atoms with van der Waals surface area (Å²) in [5, 5.41) is 0. The molecule has 0 aromatic heterocycles. The van der Waals surface area contributed by atoms with Crippen molar-refractivity contribution in [1.29, 1.82) is 0 Å². The molecule has 0 heterocycles. The summed E-state index contributed by atoms with van der Waals surface area (Å²) in [6.07, 6.45) is 0. The van der Waals surface area contributed by atoms with E-state index in [1.807, 2.05) is 19.1 Å². The van der Waals surface area contributed by atoms with Gasteiger partial charge in [-0.25, -0.2) is 8.42 Å². The highest BCUT2D eigenvalue weighted by molar-refractivity contribution is 9.11. The predicted octanol–water partition coefficient (Wildman–Crippen LogP) is 3.93. The van der Waals surface area contributed by atoms with Crippen molar-refractivity contribution in [2.45, 2.75) is 11.8 Å². The zero-order valence-corrected chi connectivity index (χ0v) is 15.5. The van der Waals surface area contributed by atoms with E-state index in [9.17, 15) is 8.42 Å². The van der Waals surface area contributed by atoms with Crippen LogP contribution in [0.4, 0.5) is 11.4 Å². The number of nitrogen functional groups attached to an aromatic ring is 1. The van der Waals surface area contributed by atoms with E-state index in [-0.39, 0.29) is 10.6 Å². The van der Waals surface area contributed by atoms with Crippen molar-refractivity contribution in [3.63, 3.8) is 0 Å². The smallest absolute Gasteiger partial charge is 0.267 e. The zero-order chi connectivity index (χ0) is 15.8. The maximum atomic E-state index is 12.8. The monoisotopic (exact) mass is 432 g/mol. The minimum absolute atomic E-state index is 0.0637. The van der Waals surface area contributed by atoms with Gasteiger partial charge in [-0.3, -0.25) is 4.31 Å². The molecule has 2 N–H and O–H groups in total. The predicted molar refractivity (Wildman–Crippen MR) is 93.0 cm³/mol. The van der Waals surface area contributed by atoms with Crippen LogP contribution in [0.3, 0.4) is 0 Å². The molecule has 112 valence electrons. The van der Waals surface area contributed by atoms with Gasteiger partial charge in [0.05, 0.1) is 11.4 Å². The van der Waals surface area contributed by atoms with E-state index < -0.39 is 10.0 Å². The van der Waals surface area contributed by atoms with Gasteiger partial charge in [-0.15, -0.1) is 0 Å². The van der Waals surface area contributed by atoms with Crippen LogP contribution >= 0.6 is 31.9 Å². The Hall–Kier alpha value is -1.05. The van der Waals surface area contributed by atoms with Gasteiger partial charge in [0.1, 0.15) is 4.90 Å². The molecule has 0 bridgehead atoms. The molecule has 0 spiro atoms. The number of nitrogens with two attached hydrogens (primary N) is 1. The molecule has 0 aliphatic carbocycles. The fourth-order valence-corrected chi connectivity index (χ4v) is 5.09. The molecule has 0 saturated carbocycles. The number of halogens is 2. The third kappa shape index (κ3) is 3.25. The van der Waals surface area contributed by atoms with Crippen molar-refractivity contribution in [1.82, 2.24) is 0 Å². The highest BCUT2D eigenvalue weighted by Gasteiger charge is 2.26. The lowest BCUT2D eigenvalue weighted by Gasteiger charge is -2.21. The molecule has 0 unspecified atom stereocenters. The van der Waals surface area contributed by atoms with E-state index in [0.717, 1.165) is 5.56 Å². The van der Waals surface area contributed by atoms with Crippen molar-refractivity contribution >= 4 is 53.3 Å². The Bertz CT molecular complexity index is 751. The first kappa shape index (κ1) is 16.3. The first-order valence-corrected chi connectivity index (χ1v) is 9.06. The number of sulfonamides is 1. The lowest BCUT2D eigenvalue weighted by atomic mass is 10.2. The molecular formula is C14H14Br2N2O2S. The molecule has 0 amide bonds. The highest BCUT2D eigenvalue weighted by Crippen LogP contribution is 2.34. The number of rotatable bonds is 3. The average molecular weight is 434 g/mol. The zero-order valence-electron chi connectivity index (χ0n) is 11.5. The van der Waals surface area contributed by atoms with Gasteiger partial charge in [0.2, 0.25) is 0 Å². The molecule has 2 rings (SSSR count). The maximum Gasteiger partial charge on any atom is 0.267 e. The van der Waals surface area contributed by atoms with Gasteiger partial charge in [0.15, 0.2) is 0 Å². The van der Waals surface area contributed by atoms with Gasteiger partial charge in [-0.05, 0) is 47.1 Å². The minimum Gasteiger partial charge on any atom is -0.398 e. The second-order valence-corrected chi connectivity index (χ2v) is 8.29. The highest BCUT2D eigenvalue weighted by atomic mass is 79.9. The number of anilines is 2. The second kappa shape index (κ2) is 5.98. The minimum atomic E-state index is -3.74. The third-order valence-electron chi connectivity index (χ3n) is 3.05.